The zero-order valence-corrected chi connectivity index (χ0v) is 14.7. The second kappa shape index (κ2) is 8.19. The average Bonchev–Trinajstić information content (AvgIpc) is 2.62. The van der Waals surface area contributed by atoms with Crippen LogP contribution in [0.5, 0.6) is 11.5 Å². The highest BCUT2D eigenvalue weighted by Gasteiger charge is 2.24. The topological polar surface area (TPSA) is 73.9 Å². The Labute approximate surface area is 146 Å². The van der Waals surface area contributed by atoms with Crippen LogP contribution in [-0.2, 0) is 9.53 Å². The minimum atomic E-state index is -0.985. The van der Waals surface area contributed by atoms with Gasteiger partial charge in [-0.1, -0.05) is 24.3 Å². The number of anilines is 1. The molecule has 2 aromatic rings. The number of para-hydroxylation sites is 1. The van der Waals surface area contributed by atoms with Crippen molar-refractivity contribution in [1.82, 2.24) is 0 Å². The van der Waals surface area contributed by atoms with Crippen molar-refractivity contribution >= 4 is 17.6 Å². The van der Waals surface area contributed by atoms with Crippen molar-refractivity contribution in [3.8, 4) is 11.5 Å². The zero-order valence-electron chi connectivity index (χ0n) is 14.7. The highest BCUT2D eigenvalue weighted by Crippen LogP contribution is 2.29. The van der Waals surface area contributed by atoms with Crippen LogP contribution in [0.25, 0.3) is 0 Å². The maximum atomic E-state index is 12.5. The van der Waals surface area contributed by atoms with Gasteiger partial charge >= 0.3 is 5.97 Å². The molecule has 6 heteroatoms. The van der Waals surface area contributed by atoms with Crippen LogP contribution in [0.2, 0.25) is 0 Å². The SMILES string of the molecule is COc1cccc(OC)c1C(=O)O[C@H](C)C(=O)Nc1ccccc1C. The average molecular weight is 343 g/mol. The molecule has 2 aromatic carbocycles. The molecule has 0 spiro atoms. The Hall–Kier alpha value is -3.02. The third-order valence-electron chi connectivity index (χ3n) is 3.69. The molecule has 0 fully saturated rings. The molecule has 2 rings (SSSR count). The van der Waals surface area contributed by atoms with Crippen molar-refractivity contribution in [2.45, 2.75) is 20.0 Å². The van der Waals surface area contributed by atoms with E-state index in [1.54, 1.807) is 24.3 Å². The minimum Gasteiger partial charge on any atom is -0.496 e. The molecule has 0 saturated heterocycles. The van der Waals surface area contributed by atoms with Crippen molar-refractivity contribution in [3.05, 3.63) is 53.6 Å². The number of amides is 1. The number of hydrogen-bond acceptors (Lipinski definition) is 5. The molecule has 1 amide bonds. The van der Waals surface area contributed by atoms with Crippen molar-refractivity contribution in [3.63, 3.8) is 0 Å². The van der Waals surface area contributed by atoms with Crippen molar-refractivity contribution < 1.29 is 23.8 Å². The summed E-state index contributed by atoms with van der Waals surface area (Å²) in [5.74, 6) is -0.482. The first-order valence-corrected chi connectivity index (χ1v) is 7.76. The molecule has 0 saturated carbocycles. The van der Waals surface area contributed by atoms with Gasteiger partial charge in [-0.3, -0.25) is 4.79 Å². The number of hydrogen-bond donors (Lipinski definition) is 1. The molecular formula is C19H21NO5. The third kappa shape index (κ3) is 4.29. The molecule has 1 atom stereocenters. The lowest BCUT2D eigenvalue weighted by Crippen LogP contribution is -2.30. The van der Waals surface area contributed by atoms with Gasteiger partial charge in [-0.05, 0) is 37.6 Å². The Morgan fingerprint density at radius 3 is 2.12 bits per heavy atom. The van der Waals surface area contributed by atoms with Crippen molar-refractivity contribution in [1.29, 1.82) is 0 Å². The molecular weight excluding hydrogens is 322 g/mol. The molecule has 0 unspecified atom stereocenters. The zero-order chi connectivity index (χ0) is 18.4. The molecule has 0 aromatic heterocycles. The number of methoxy groups -OCH3 is 2. The molecule has 0 bridgehead atoms. The van der Waals surface area contributed by atoms with E-state index >= 15 is 0 Å². The summed E-state index contributed by atoms with van der Waals surface area (Å²) in [6.07, 6.45) is -0.985. The van der Waals surface area contributed by atoms with Gasteiger partial charge in [0.05, 0.1) is 14.2 Å². The van der Waals surface area contributed by atoms with Gasteiger partial charge < -0.3 is 19.5 Å². The number of carbonyl (C=O) groups is 2. The van der Waals surface area contributed by atoms with E-state index in [9.17, 15) is 9.59 Å². The van der Waals surface area contributed by atoms with E-state index in [-0.39, 0.29) is 5.56 Å². The van der Waals surface area contributed by atoms with Crippen LogP contribution in [0, 0.1) is 6.92 Å². The molecule has 0 aliphatic rings. The lowest BCUT2D eigenvalue weighted by Gasteiger charge is -2.17. The van der Waals surface area contributed by atoms with Gasteiger partial charge in [-0.15, -0.1) is 0 Å². The van der Waals surface area contributed by atoms with Crippen LogP contribution in [0.1, 0.15) is 22.8 Å². The van der Waals surface area contributed by atoms with Gasteiger partial charge in [0.2, 0.25) is 0 Å². The molecule has 0 radical (unpaired) electrons. The predicted octanol–water partition coefficient (Wildman–Crippen LogP) is 3.20. The van der Waals surface area contributed by atoms with Gasteiger partial charge in [-0.25, -0.2) is 4.79 Å². The van der Waals surface area contributed by atoms with E-state index in [0.29, 0.717) is 17.2 Å². The van der Waals surface area contributed by atoms with Crippen molar-refractivity contribution in [2.24, 2.45) is 0 Å². The maximum absolute atomic E-state index is 12.5. The lowest BCUT2D eigenvalue weighted by atomic mass is 10.1. The number of carbonyl (C=O) groups excluding carboxylic acids is 2. The predicted molar refractivity (Wildman–Crippen MR) is 94.2 cm³/mol. The summed E-state index contributed by atoms with van der Waals surface area (Å²) < 4.78 is 15.6. The standard InChI is InChI=1S/C19H21NO5/c1-12-8-5-6-9-14(12)20-18(21)13(2)25-19(22)17-15(23-3)10-7-11-16(17)24-4/h5-11,13H,1-4H3,(H,20,21)/t13-/m1/s1. The summed E-state index contributed by atoms with van der Waals surface area (Å²) in [6.45, 7) is 3.39. The van der Waals surface area contributed by atoms with E-state index in [1.807, 2.05) is 25.1 Å². The van der Waals surface area contributed by atoms with Crippen LogP contribution in [0.3, 0.4) is 0 Å². The van der Waals surface area contributed by atoms with E-state index in [1.165, 1.54) is 21.1 Å². The highest BCUT2D eigenvalue weighted by atomic mass is 16.6. The highest BCUT2D eigenvalue weighted by molar-refractivity contribution is 6.00. The summed E-state index contributed by atoms with van der Waals surface area (Å²) in [5.41, 5.74) is 1.73. The second-order valence-corrected chi connectivity index (χ2v) is 5.39. The Kier molecular flexibility index (Phi) is 6.00. The quantitative estimate of drug-likeness (QED) is 0.816. The van der Waals surface area contributed by atoms with Gasteiger partial charge in [0.25, 0.3) is 5.91 Å². The van der Waals surface area contributed by atoms with Gasteiger partial charge in [-0.2, -0.15) is 0 Å². The Morgan fingerprint density at radius 1 is 0.960 bits per heavy atom. The van der Waals surface area contributed by atoms with E-state index in [2.05, 4.69) is 5.32 Å². The van der Waals surface area contributed by atoms with Gasteiger partial charge in [0.1, 0.15) is 17.1 Å². The molecule has 0 aliphatic carbocycles. The van der Waals surface area contributed by atoms with Gasteiger partial charge in [0.15, 0.2) is 6.10 Å². The van der Waals surface area contributed by atoms with Crippen molar-refractivity contribution in [2.75, 3.05) is 19.5 Å². The van der Waals surface area contributed by atoms with Crippen LogP contribution in [-0.4, -0.2) is 32.2 Å². The van der Waals surface area contributed by atoms with E-state index < -0.39 is 18.0 Å². The minimum absolute atomic E-state index is 0.142. The van der Waals surface area contributed by atoms with Crippen LogP contribution < -0.4 is 14.8 Å². The maximum Gasteiger partial charge on any atom is 0.346 e. The second-order valence-electron chi connectivity index (χ2n) is 5.39. The summed E-state index contributed by atoms with van der Waals surface area (Å²) in [7, 11) is 2.89. The lowest BCUT2D eigenvalue weighted by molar-refractivity contribution is -0.123. The molecule has 1 N–H and O–H groups in total. The Bertz CT molecular complexity index is 750. The number of ether oxygens (including phenoxy) is 3. The molecule has 25 heavy (non-hydrogen) atoms. The molecule has 6 nitrogen and oxygen atoms in total. The summed E-state index contributed by atoms with van der Waals surface area (Å²) >= 11 is 0. The molecule has 0 aliphatic heterocycles. The number of esters is 1. The monoisotopic (exact) mass is 343 g/mol. The molecule has 0 heterocycles. The summed E-state index contributed by atoms with van der Waals surface area (Å²) in [6, 6.07) is 12.3. The summed E-state index contributed by atoms with van der Waals surface area (Å²) in [4.78, 5) is 24.8. The Balaban J connectivity index is 2.12. The van der Waals surface area contributed by atoms with Crippen LogP contribution in [0.15, 0.2) is 42.5 Å². The first-order chi connectivity index (χ1) is 12.0. The number of aryl methyl sites for hydroxylation is 1. The third-order valence-corrected chi connectivity index (χ3v) is 3.69. The summed E-state index contributed by atoms with van der Waals surface area (Å²) in [5, 5.41) is 2.75. The van der Waals surface area contributed by atoms with E-state index in [0.717, 1.165) is 5.56 Å². The van der Waals surface area contributed by atoms with Crippen LogP contribution >= 0.6 is 0 Å². The number of benzene rings is 2. The van der Waals surface area contributed by atoms with Gasteiger partial charge in [0, 0.05) is 5.69 Å². The largest absolute Gasteiger partial charge is 0.496 e. The normalized spacial score (nSPS) is 11.4. The number of nitrogens with one attached hydrogen (secondary N) is 1. The first kappa shape index (κ1) is 18.3. The molecule has 132 valence electrons. The van der Waals surface area contributed by atoms with Crippen LogP contribution in [0.4, 0.5) is 5.69 Å². The fourth-order valence-electron chi connectivity index (χ4n) is 2.27. The smallest absolute Gasteiger partial charge is 0.346 e. The Morgan fingerprint density at radius 2 is 1.56 bits per heavy atom. The first-order valence-electron chi connectivity index (χ1n) is 7.76. The van der Waals surface area contributed by atoms with E-state index in [4.69, 9.17) is 14.2 Å². The fourth-order valence-corrected chi connectivity index (χ4v) is 2.27. The number of rotatable bonds is 6. The fraction of sp³-hybridized carbons (Fsp3) is 0.263.